The second kappa shape index (κ2) is 8.64. The maximum absolute atomic E-state index is 13.5. The van der Waals surface area contributed by atoms with Crippen LogP contribution in [0.2, 0.25) is 0 Å². The van der Waals surface area contributed by atoms with Gasteiger partial charge in [-0.2, -0.15) is 17.9 Å². The molecule has 4 rings (SSSR count). The number of nitrogens with one attached hydrogen (secondary N) is 1. The van der Waals surface area contributed by atoms with Gasteiger partial charge in [0.25, 0.3) is 10.0 Å². The van der Waals surface area contributed by atoms with Crippen LogP contribution >= 0.6 is 0 Å². The number of sulfonamides is 2. The highest BCUT2D eigenvalue weighted by Gasteiger charge is 2.37. The normalized spacial score (nSPS) is 16.5. The molecule has 9 heteroatoms. The molecule has 3 aromatic carbocycles. The van der Waals surface area contributed by atoms with Gasteiger partial charge in [-0.1, -0.05) is 59.7 Å². The Bertz CT molecular complexity index is 1410. The fourth-order valence-corrected chi connectivity index (χ4v) is 5.77. The summed E-state index contributed by atoms with van der Waals surface area (Å²) in [5.74, 6) is 0. The third-order valence-corrected chi connectivity index (χ3v) is 7.69. The number of anilines is 1. The van der Waals surface area contributed by atoms with Crippen LogP contribution in [0.4, 0.5) is 5.69 Å². The number of benzene rings is 3. The molecule has 1 aliphatic rings. The van der Waals surface area contributed by atoms with Crippen molar-refractivity contribution in [3.63, 3.8) is 0 Å². The lowest BCUT2D eigenvalue weighted by molar-refractivity contribution is 0.371. The highest BCUT2D eigenvalue weighted by atomic mass is 32.2. The molecular weight excluding hydrogens is 458 g/mol. The maximum atomic E-state index is 13.5. The zero-order valence-electron chi connectivity index (χ0n) is 18.6. The van der Waals surface area contributed by atoms with Gasteiger partial charge in [-0.3, -0.25) is 4.72 Å². The Morgan fingerprint density at radius 1 is 0.879 bits per heavy atom. The van der Waals surface area contributed by atoms with E-state index >= 15 is 0 Å². The lowest BCUT2D eigenvalue weighted by Gasteiger charge is -2.23. The average Bonchev–Trinajstić information content (AvgIpc) is 3.20. The van der Waals surface area contributed by atoms with Crippen LogP contribution in [0, 0.1) is 13.8 Å². The summed E-state index contributed by atoms with van der Waals surface area (Å²) in [5, 5.41) is 4.54. The van der Waals surface area contributed by atoms with Crippen LogP contribution in [-0.4, -0.2) is 33.2 Å². The largest absolute Gasteiger partial charge is 0.284 e. The molecule has 0 bridgehead atoms. The molecule has 33 heavy (non-hydrogen) atoms. The average molecular weight is 484 g/mol. The van der Waals surface area contributed by atoms with Crippen molar-refractivity contribution in [2.75, 3.05) is 11.0 Å². The van der Waals surface area contributed by atoms with Crippen LogP contribution < -0.4 is 4.72 Å². The molecule has 3 aromatic rings. The van der Waals surface area contributed by atoms with Crippen LogP contribution in [0.1, 0.15) is 34.7 Å². The Balaban J connectivity index is 1.74. The van der Waals surface area contributed by atoms with Crippen LogP contribution in [0.15, 0.2) is 82.8 Å². The molecule has 1 heterocycles. The fourth-order valence-electron chi connectivity index (χ4n) is 3.77. The first-order valence-corrected chi connectivity index (χ1v) is 13.7. The van der Waals surface area contributed by atoms with E-state index in [2.05, 4.69) is 9.82 Å². The van der Waals surface area contributed by atoms with Gasteiger partial charge in [0.05, 0.1) is 22.9 Å². The molecule has 0 saturated heterocycles. The Labute approximate surface area is 194 Å². The summed E-state index contributed by atoms with van der Waals surface area (Å²) in [6.07, 6.45) is 1.48. The fraction of sp³-hybridized carbons (Fsp3) is 0.208. The molecule has 0 aliphatic carbocycles. The molecule has 0 fully saturated rings. The molecule has 172 valence electrons. The van der Waals surface area contributed by atoms with Gasteiger partial charge in [0.15, 0.2) is 0 Å². The Morgan fingerprint density at radius 3 is 2.15 bits per heavy atom. The lowest BCUT2D eigenvalue weighted by atomic mass is 9.98. The van der Waals surface area contributed by atoms with E-state index in [1.165, 1.54) is 4.41 Å². The first kappa shape index (κ1) is 23.0. The first-order valence-electron chi connectivity index (χ1n) is 10.4. The van der Waals surface area contributed by atoms with E-state index in [9.17, 15) is 16.8 Å². The van der Waals surface area contributed by atoms with Gasteiger partial charge < -0.3 is 0 Å². The van der Waals surface area contributed by atoms with Crippen molar-refractivity contribution < 1.29 is 16.8 Å². The van der Waals surface area contributed by atoms with E-state index in [1.807, 2.05) is 38.1 Å². The van der Waals surface area contributed by atoms with Crippen LogP contribution in [0.5, 0.6) is 0 Å². The van der Waals surface area contributed by atoms with E-state index in [0.717, 1.165) is 28.5 Å². The van der Waals surface area contributed by atoms with Gasteiger partial charge in [0.2, 0.25) is 10.0 Å². The predicted molar refractivity (Wildman–Crippen MR) is 130 cm³/mol. The molecule has 0 unspecified atom stereocenters. The summed E-state index contributed by atoms with van der Waals surface area (Å²) in [6.45, 7) is 3.87. The van der Waals surface area contributed by atoms with Crippen LogP contribution in [0.3, 0.4) is 0 Å². The maximum Gasteiger partial charge on any atom is 0.279 e. The monoisotopic (exact) mass is 483 g/mol. The van der Waals surface area contributed by atoms with E-state index in [-0.39, 0.29) is 4.90 Å². The third kappa shape index (κ3) is 5.09. The van der Waals surface area contributed by atoms with Crippen molar-refractivity contribution in [2.45, 2.75) is 31.2 Å². The molecule has 0 saturated carbocycles. The molecular formula is C24H25N3O4S2. The van der Waals surface area contributed by atoms with Crippen molar-refractivity contribution in [1.29, 1.82) is 0 Å². The molecule has 0 amide bonds. The van der Waals surface area contributed by atoms with Crippen molar-refractivity contribution in [1.82, 2.24) is 4.41 Å². The highest BCUT2D eigenvalue weighted by molar-refractivity contribution is 7.92. The molecule has 0 radical (unpaired) electrons. The van der Waals surface area contributed by atoms with Crippen molar-refractivity contribution in [3.05, 3.63) is 95.1 Å². The van der Waals surface area contributed by atoms with Crippen molar-refractivity contribution >= 4 is 31.4 Å². The minimum atomic E-state index is -3.88. The smallest absolute Gasteiger partial charge is 0.279 e. The summed E-state index contributed by atoms with van der Waals surface area (Å²) >= 11 is 0. The Kier molecular flexibility index (Phi) is 6.02. The van der Waals surface area contributed by atoms with Crippen molar-refractivity contribution in [3.8, 4) is 0 Å². The van der Waals surface area contributed by atoms with Gasteiger partial charge in [0, 0.05) is 12.1 Å². The number of aryl methyl sites for hydroxylation is 2. The standard InChI is InChI=1S/C24H25N3O4S2/c1-17-7-13-22(14-8-17)33(30,31)27-24(20-6-4-5-18(2)15-20)16-23(25-27)19-9-11-21(12-10-19)26-32(3,28)29/h4-15,24,26H,16H2,1-3H3/t24-/m1/s1. The second-order valence-electron chi connectivity index (χ2n) is 8.22. The second-order valence-corrected chi connectivity index (χ2v) is 11.8. The zero-order chi connectivity index (χ0) is 23.8. The summed E-state index contributed by atoms with van der Waals surface area (Å²) < 4.78 is 53.7. The van der Waals surface area contributed by atoms with Crippen LogP contribution in [0.25, 0.3) is 0 Å². The summed E-state index contributed by atoms with van der Waals surface area (Å²) in [4.78, 5) is 0.184. The van der Waals surface area contributed by atoms with Gasteiger partial charge >= 0.3 is 0 Å². The quantitative estimate of drug-likeness (QED) is 0.568. The number of hydrogen-bond donors (Lipinski definition) is 1. The topological polar surface area (TPSA) is 95.9 Å². The zero-order valence-corrected chi connectivity index (χ0v) is 20.2. The Morgan fingerprint density at radius 2 is 1.55 bits per heavy atom. The molecule has 1 N–H and O–H groups in total. The first-order chi connectivity index (χ1) is 15.5. The van der Waals surface area contributed by atoms with E-state index in [0.29, 0.717) is 17.8 Å². The SMILES string of the molecule is Cc1ccc(S(=O)(=O)N2N=C(c3ccc(NS(C)(=O)=O)cc3)C[C@@H]2c2cccc(C)c2)cc1. The minimum absolute atomic E-state index is 0.184. The predicted octanol–water partition coefficient (Wildman–Crippen LogP) is 4.21. The molecule has 0 aromatic heterocycles. The van der Waals surface area contributed by atoms with Gasteiger partial charge in [-0.25, -0.2) is 8.42 Å². The minimum Gasteiger partial charge on any atom is -0.284 e. The van der Waals surface area contributed by atoms with Crippen molar-refractivity contribution in [2.24, 2.45) is 5.10 Å². The molecule has 0 spiro atoms. The van der Waals surface area contributed by atoms with E-state index in [4.69, 9.17) is 0 Å². The van der Waals surface area contributed by atoms with Gasteiger partial charge in [-0.15, -0.1) is 0 Å². The number of hydrogen-bond acceptors (Lipinski definition) is 5. The van der Waals surface area contributed by atoms with Gasteiger partial charge in [0.1, 0.15) is 0 Å². The van der Waals surface area contributed by atoms with E-state index in [1.54, 1.807) is 48.5 Å². The van der Waals surface area contributed by atoms with Gasteiger partial charge in [-0.05, 0) is 49.2 Å². The Hall–Kier alpha value is -3.17. The number of hydrazone groups is 1. The number of rotatable bonds is 6. The number of nitrogens with zero attached hydrogens (tertiary/aromatic N) is 2. The molecule has 1 aliphatic heterocycles. The van der Waals surface area contributed by atoms with Crippen LogP contribution in [-0.2, 0) is 20.0 Å². The summed E-state index contributed by atoms with van der Waals surface area (Å²) in [5.41, 5.74) is 4.64. The van der Waals surface area contributed by atoms with E-state index < -0.39 is 26.1 Å². The molecule has 7 nitrogen and oxygen atoms in total. The lowest BCUT2D eigenvalue weighted by Crippen LogP contribution is -2.27. The third-order valence-electron chi connectivity index (χ3n) is 5.39. The highest BCUT2D eigenvalue weighted by Crippen LogP contribution is 2.37. The summed E-state index contributed by atoms with van der Waals surface area (Å²) in [7, 11) is -7.27. The summed E-state index contributed by atoms with van der Waals surface area (Å²) in [6, 6.07) is 20.7. The molecule has 1 atom stereocenters.